The summed E-state index contributed by atoms with van der Waals surface area (Å²) in [6, 6.07) is 11.6. The van der Waals surface area contributed by atoms with E-state index in [1.807, 2.05) is 0 Å². The molecule has 0 N–H and O–H groups in total. The first-order chi connectivity index (χ1) is 9.97. The topological polar surface area (TPSA) is 26.3 Å². The number of fused-ring (bicyclic) bond motifs is 1. The molecule has 0 saturated carbocycles. The van der Waals surface area contributed by atoms with Gasteiger partial charge in [0, 0.05) is 11.1 Å². The third-order valence-corrected chi connectivity index (χ3v) is 3.49. The van der Waals surface area contributed by atoms with Crippen molar-refractivity contribution in [2.24, 2.45) is 0 Å². The summed E-state index contributed by atoms with van der Waals surface area (Å²) in [6.45, 7) is 0.161. The summed E-state index contributed by atoms with van der Waals surface area (Å²) in [6.07, 6.45) is -4.46. The number of ketones is 1. The number of hydrogen-bond acceptors (Lipinski definition) is 2. The van der Waals surface area contributed by atoms with Crippen LogP contribution in [-0.2, 0) is 6.18 Å². The molecule has 108 valence electrons. The van der Waals surface area contributed by atoms with E-state index >= 15 is 0 Å². The molecule has 0 spiro atoms. The average molecular weight is 292 g/mol. The Labute approximate surface area is 119 Å². The number of carbonyl (C=O) groups is 1. The van der Waals surface area contributed by atoms with Gasteiger partial charge in [0.15, 0.2) is 5.78 Å². The molecule has 1 aliphatic heterocycles. The molecule has 2 nitrogen and oxygen atoms in total. The number of alkyl halides is 3. The molecule has 0 bridgehead atoms. The Balaban J connectivity index is 1.94. The normalized spacial score (nSPS) is 17.2. The molecule has 1 unspecified atom stereocenters. The van der Waals surface area contributed by atoms with Crippen molar-refractivity contribution in [1.82, 2.24) is 0 Å². The molecule has 5 heteroatoms. The molecule has 21 heavy (non-hydrogen) atoms. The van der Waals surface area contributed by atoms with Crippen molar-refractivity contribution < 1.29 is 22.7 Å². The van der Waals surface area contributed by atoms with Gasteiger partial charge in [0.1, 0.15) is 12.4 Å². The molecule has 2 aromatic rings. The molecule has 1 atom stereocenters. The largest absolute Gasteiger partial charge is 0.492 e. The number of carbonyl (C=O) groups excluding carboxylic acids is 1. The molecule has 0 fully saturated rings. The minimum Gasteiger partial charge on any atom is -0.492 e. The van der Waals surface area contributed by atoms with Gasteiger partial charge in [-0.2, -0.15) is 13.2 Å². The van der Waals surface area contributed by atoms with Crippen molar-refractivity contribution in [2.75, 3.05) is 6.61 Å². The number of Topliss-reactive ketones (excluding diaryl/α,β-unsaturated/α-hetero) is 1. The van der Waals surface area contributed by atoms with Crippen LogP contribution in [0.4, 0.5) is 13.2 Å². The summed E-state index contributed by atoms with van der Waals surface area (Å²) >= 11 is 0. The Morgan fingerprint density at radius 3 is 2.62 bits per heavy atom. The van der Waals surface area contributed by atoms with E-state index in [2.05, 4.69) is 0 Å². The predicted octanol–water partition coefficient (Wildman–Crippen LogP) is 4.06. The fourth-order valence-electron chi connectivity index (χ4n) is 2.43. The Morgan fingerprint density at radius 2 is 1.86 bits per heavy atom. The lowest BCUT2D eigenvalue weighted by atomic mass is 9.91. The van der Waals surface area contributed by atoms with Crippen LogP contribution in [0, 0.1) is 0 Å². The van der Waals surface area contributed by atoms with Gasteiger partial charge < -0.3 is 4.74 Å². The molecule has 1 aliphatic rings. The summed E-state index contributed by atoms with van der Waals surface area (Å²) in [5.41, 5.74) is -0.0457. The zero-order valence-electron chi connectivity index (χ0n) is 10.9. The van der Waals surface area contributed by atoms with Crippen LogP contribution >= 0.6 is 0 Å². The van der Waals surface area contributed by atoms with Crippen LogP contribution < -0.4 is 4.74 Å². The molecule has 0 aliphatic carbocycles. The molecule has 0 amide bonds. The van der Waals surface area contributed by atoms with Gasteiger partial charge in [-0.05, 0) is 18.2 Å². The van der Waals surface area contributed by atoms with E-state index in [4.69, 9.17) is 4.74 Å². The Bertz CT molecular complexity index is 692. The second-order valence-electron chi connectivity index (χ2n) is 4.84. The third-order valence-electron chi connectivity index (χ3n) is 3.49. The number of hydrogen-bond donors (Lipinski definition) is 0. The van der Waals surface area contributed by atoms with Crippen LogP contribution in [0.1, 0.15) is 27.4 Å². The van der Waals surface area contributed by atoms with Crippen LogP contribution in [0.3, 0.4) is 0 Å². The average Bonchev–Trinajstić information content (AvgIpc) is 2.90. The molecule has 0 aromatic heterocycles. The van der Waals surface area contributed by atoms with Gasteiger partial charge in [-0.25, -0.2) is 0 Å². The fourth-order valence-corrected chi connectivity index (χ4v) is 2.43. The molecule has 1 heterocycles. The minimum absolute atomic E-state index is 0.0510. The van der Waals surface area contributed by atoms with Crippen LogP contribution in [-0.4, -0.2) is 12.4 Å². The Kier molecular flexibility index (Phi) is 3.20. The Hall–Kier alpha value is -2.30. The van der Waals surface area contributed by atoms with Crippen molar-refractivity contribution in [3.8, 4) is 5.75 Å². The third kappa shape index (κ3) is 2.51. The van der Waals surface area contributed by atoms with E-state index in [9.17, 15) is 18.0 Å². The Morgan fingerprint density at radius 1 is 1.10 bits per heavy atom. The summed E-state index contributed by atoms with van der Waals surface area (Å²) < 4.78 is 43.5. The summed E-state index contributed by atoms with van der Waals surface area (Å²) in [7, 11) is 0. The second-order valence-corrected chi connectivity index (χ2v) is 4.84. The highest BCUT2D eigenvalue weighted by Gasteiger charge is 2.34. The lowest BCUT2D eigenvalue weighted by Gasteiger charge is -2.11. The molecular weight excluding hydrogens is 281 g/mol. The monoisotopic (exact) mass is 292 g/mol. The van der Waals surface area contributed by atoms with E-state index in [1.54, 1.807) is 24.3 Å². The van der Waals surface area contributed by atoms with Crippen molar-refractivity contribution in [3.05, 3.63) is 65.2 Å². The van der Waals surface area contributed by atoms with Gasteiger partial charge in [-0.3, -0.25) is 4.79 Å². The van der Waals surface area contributed by atoms with Gasteiger partial charge >= 0.3 is 6.18 Å². The highest BCUT2D eigenvalue weighted by molar-refractivity contribution is 6.02. The maximum absolute atomic E-state index is 12.7. The lowest BCUT2D eigenvalue weighted by Crippen LogP contribution is -2.15. The number of para-hydroxylation sites is 1. The molecule has 0 saturated heterocycles. The van der Waals surface area contributed by atoms with Crippen LogP contribution in [0.15, 0.2) is 48.5 Å². The number of ether oxygens (including phenoxy) is 1. The summed E-state index contributed by atoms with van der Waals surface area (Å²) in [4.78, 5) is 12.4. The van der Waals surface area contributed by atoms with Crippen LogP contribution in [0.25, 0.3) is 0 Å². The smallest absolute Gasteiger partial charge is 0.416 e. The van der Waals surface area contributed by atoms with E-state index in [0.717, 1.165) is 17.7 Å². The lowest BCUT2D eigenvalue weighted by molar-refractivity contribution is -0.137. The summed E-state index contributed by atoms with van der Waals surface area (Å²) in [5.74, 6) is -0.293. The van der Waals surface area contributed by atoms with Gasteiger partial charge in [0.25, 0.3) is 0 Å². The highest BCUT2D eigenvalue weighted by atomic mass is 19.4. The van der Waals surface area contributed by atoms with Gasteiger partial charge in [-0.15, -0.1) is 0 Å². The molecule has 3 rings (SSSR count). The number of halogens is 3. The van der Waals surface area contributed by atoms with Gasteiger partial charge in [-0.1, -0.05) is 30.3 Å². The maximum Gasteiger partial charge on any atom is 0.416 e. The number of benzene rings is 2. The number of rotatable bonds is 2. The van der Waals surface area contributed by atoms with E-state index in [1.165, 1.54) is 12.1 Å². The molecular formula is C16H11F3O2. The predicted molar refractivity (Wildman–Crippen MR) is 70.5 cm³/mol. The molecule has 2 aromatic carbocycles. The van der Waals surface area contributed by atoms with Crippen molar-refractivity contribution in [2.45, 2.75) is 12.1 Å². The molecule has 0 radical (unpaired) electrons. The maximum atomic E-state index is 12.7. The van der Waals surface area contributed by atoms with Crippen LogP contribution in [0.2, 0.25) is 0 Å². The van der Waals surface area contributed by atoms with Crippen molar-refractivity contribution in [1.29, 1.82) is 0 Å². The van der Waals surface area contributed by atoms with E-state index < -0.39 is 17.7 Å². The van der Waals surface area contributed by atoms with Crippen LogP contribution in [0.5, 0.6) is 5.75 Å². The highest BCUT2D eigenvalue weighted by Crippen LogP contribution is 2.36. The van der Waals surface area contributed by atoms with Gasteiger partial charge in [0.05, 0.1) is 11.5 Å². The summed E-state index contributed by atoms with van der Waals surface area (Å²) in [5, 5.41) is 0. The fraction of sp³-hybridized carbons (Fsp3) is 0.188. The first-order valence-corrected chi connectivity index (χ1v) is 6.40. The standard InChI is InChI=1S/C16H11F3O2/c17-16(18,19)11-5-3-4-10(8-11)15(20)13-9-21-14-7-2-1-6-12(13)14/h1-8,13H,9H2. The quantitative estimate of drug-likeness (QED) is 0.780. The van der Waals surface area contributed by atoms with E-state index in [0.29, 0.717) is 5.75 Å². The first-order valence-electron chi connectivity index (χ1n) is 6.40. The van der Waals surface area contributed by atoms with Crippen molar-refractivity contribution >= 4 is 5.78 Å². The minimum atomic E-state index is -4.46. The first kappa shape index (κ1) is 13.7. The van der Waals surface area contributed by atoms with Gasteiger partial charge in [0.2, 0.25) is 0 Å². The SMILES string of the molecule is O=C(c1cccc(C(F)(F)F)c1)C1COc2ccccc21. The van der Waals surface area contributed by atoms with Crippen molar-refractivity contribution in [3.63, 3.8) is 0 Å². The zero-order chi connectivity index (χ0) is 15.0. The second kappa shape index (κ2) is 4.91. The zero-order valence-corrected chi connectivity index (χ0v) is 10.9. The van der Waals surface area contributed by atoms with E-state index in [-0.39, 0.29) is 18.0 Å².